The van der Waals surface area contributed by atoms with Gasteiger partial charge in [-0.25, -0.2) is 4.98 Å². The zero-order valence-electron chi connectivity index (χ0n) is 14.2. The molecule has 0 radical (unpaired) electrons. The molecule has 126 valence electrons. The minimum Gasteiger partial charge on any atom is -0.375 e. The van der Waals surface area contributed by atoms with Gasteiger partial charge in [0.05, 0.1) is 24.3 Å². The first-order valence-electron chi connectivity index (χ1n) is 8.39. The van der Waals surface area contributed by atoms with E-state index in [0.717, 1.165) is 32.7 Å². The molecule has 1 amide bonds. The van der Waals surface area contributed by atoms with Crippen molar-refractivity contribution in [2.45, 2.75) is 38.5 Å². The number of pyridine rings is 1. The fourth-order valence-corrected chi connectivity index (χ4v) is 3.36. The number of fused-ring (bicyclic) bond motifs is 1. The highest BCUT2D eigenvalue weighted by Crippen LogP contribution is 2.24. The summed E-state index contributed by atoms with van der Waals surface area (Å²) in [7, 11) is 2.12. The number of carbonyl (C=O) groups excluding carboxylic acids is 1. The first-order valence-corrected chi connectivity index (χ1v) is 8.39. The van der Waals surface area contributed by atoms with E-state index >= 15 is 0 Å². The van der Waals surface area contributed by atoms with E-state index in [1.54, 1.807) is 6.20 Å². The van der Waals surface area contributed by atoms with E-state index in [2.05, 4.69) is 22.2 Å². The van der Waals surface area contributed by atoms with Crippen LogP contribution in [0.3, 0.4) is 0 Å². The van der Waals surface area contributed by atoms with Gasteiger partial charge >= 0.3 is 0 Å². The van der Waals surface area contributed by atoms with Crippen LogP contribution < -0.4 is 5.32 Å². The zero-order valence-corrected chi connectivity index (χ0v) is 14.2. The minimum atomic E-state index is 0.0543. The molecule has 3 rings (SSSR count). The molecule has 23 heavy (non-hydrogen) atoms. The van der Waals surface area contributed by atoms with Crippen molar-refractivity contribution in [2.24, 2.45) is 0 Å². The summed E-state index contributed by atoms with van der Waals surface area (Å²) in [6, 6.07) is 4.20. The maximum atomic E-state index is 13.0. The Morgan fingerprint density at radius 2 is 2.26 bits per heavy atom. The van der Waals surface area contributed by atoms with Crippen molar-refractivity contribution in [3.63, 3.8) is 0 Å². The van der Waals surface area contributed by atoms with E-state index in [1.807, 2.05) is 30.9 Å². The molecule has 1 aromatic heterocycles. The van der Waals surface area contributed by atoms with E-state index in [-0.39, 0.29) is 18.1 Å². The number of nitrogens with one attached hydrogen (secondary N) is 1. The standard InChI is InChI=1S/C17H26N4O2/c1-12(2)19-16-13(5-4-7-18-16)17(22)21-8-6-15-14(11-21)20(3)9-10-23-15/h4-5,7,12,14-15H,6,8-11H2,1-3H3,(H,18,19)/t14-,15-/m1/s1. The van der Waals surface area contributed by atoms with Crippen LogP contribution in [0.25, 0.3) is 0 Å². The molecule has 0 unspecified atom stereocenters. The van der Waals surface area contributed by atoms with Gasteiger partial charge in [0.15, 0.2) is 0 Å². The topological polar surface area (TPSA) is 57.7 Å². The van der Waals surface area contributed by atoms with Gasteiger partial charge in [-0.05, 0) is 39.4 Å². The minimum absolute atomic E-state index is 0.0543. The number of hydrogen-bond acceptors (Lipinski definition) is 5. The van der Waals surface area contributed by atoms with E-state index in [0.29, 0.717) is 17.4 Å². The van der Waals surface area contributed by atoms with Crippen LogP contribution in [0.2, 0.25) is 0 Å². The fourth-order valence-electron chi connectivity index (χ4n) is 3.36. The lowest BCUT2D eigenvalue weighted by Crippen LogP contribution is -2.59. The van der Waals surface area contributed by atoms with E-state index in [4.69, 9.17) is 4.74 Å². The Morgan fingerprint density at radius 1 is 1.43 bits per heavy atom. The number of piperidine rings is 1. The van der Waals surface area contributed by atoms with E-state index in [9.17, 15) is 4.79 Å². The van der Waals surface area contributed by atoms with Gasteiger partial charge in [-0.2, -0.15) is 0 Å². The van der Waals surface area contributed by atoms with Crippen LogP contribution in [0.4, 0.5) is 5.82 Å². The van der Waals surface area contributed by atoms with Crippen molar-refractivity contribution < 1.29 is 9.53 Å². The number of aromatic nitrogens is 1. The Balaban J connectivity index is 1.76. The number of morpholine rings is 1. The van der Waals surface area contributed by atoms with Gasteiger partial charge in [-0.1, -0.05) is 0 Å². The number of likely N-dealkylation sites (tertiary alicyclic amines) is 1. The van der Waals surface area contributed by atoms with Gasteiger partial charge in [0.25, 0.3) is 5.91 Å². The average molecular weight is 318 g/mol. The molecule has 2 aliphatic heterocycles. The number of nitrogens with zero attached hydrogens (tertiary/aromatic N) is 3. The number of likely N-dealkylation sites (N-methyl/N-ethyl adjacent to an activating group) is 1. The van der Waals surface area contributed by atoms with Gasteiger partial charge in [-0.15, -0.1) is 0 Å². The van der Waals surface area contributed by atoms with E-state index < -0.39 is 0 Å². The van der Waals surface area contributed by atoms with Gasteiger partial charge < -0.3 is 15.0 Å². The monoisotopic (exact) mass is 318 g/mol. The lowest BCUT2D eigenvalue weighted by molar-refractivity contribution is -0.0893. The molecule has 0 saturated carbocycles. The van der Waals surface area contributed by atoms with Gasteiger partial charge in [0, 0.05) is 31.9 Å². The van der Waals surface area contributed by atoms with Crippen LogP contribution in [-0.2, 0) is 4.74 Å². The molecular weight excluding hydrogens is 292 g/mol. The molecule has 0 spiro atoms. The highest BCUT2D eigenvalue weighted by molar-refractivity contribution is 5.98. The number of carbonyl (C=O) groups is 1. The first-order chi connectivity index (χ1) is 11.1. The number of amides is 1. The van der Waals surface area contributed by atoms with E-state index in [1.165, 1.54) is 0 Å². The highest BCUT2D eigenvalue weighted by Gasteiger charge is 2.37. The maximum Gasteiger partial charge on any atom is 0.257 e. The number of anilines is 1. The van der Waals surface area contributed by atoms with Crippen LogP contribution in [0.1, 0.15) is 30.6 Å². The largest absolute Gasteiger partial charge is 0.375 e. The number of ether oxygens (including phenoxy) is 1. The Hall–Kier alpha value is -1.66. The molecule has 6 heteroatoms. The first kappa shape index (κ1) is 16.2. The van der Waals surface area contributed by atoms with Crippen LogP contribution >= 0.6 is 0 Å². The van der Waals surface area contributed by atoms with Crippen LogP contribution in [0.5, 0.6) is 0 Å². The molecule has 0 aromatic carbocycles. The SMILES string of the molecule is CC(C)Nc1ncccc1C(=O)N1CC[C@H]2OCCN(C)[C@@H]2C1. The summed E-state index contributed by atoms with van der Waals surface area (Å²) >= 11 is 0. The van der Waals surface area contributed by atoms with Gasteiger partial charge in [0.2, 0.25) is 0 Å². The molecule has 0 bridgehead atoms. The zero-order chi connectivity index (χ0) is 16.4. The van der Waals surface area contributed by atoms with Crippen molar-refractivity contribution in [3.8, 4) is 0 Å². The van der Waals surface area contributed by atoms with Crippen molar-refractivity contribution in [2.75, 3.05) is 38.6 Å². The number of hydrogen-bond donors (Lipinski definition) is 1. The van der Waals surface area contributed by atoms with Crippen LogP contribution in [0, 0.1) is 0 Å². The average Bonchev–Trinajstić information content (AvgIpc) is 2.54. The third-order valence-electron chi connectivity index (χ3n) is 4.61. The lowest BCUT2D eigenvalue weighted by Gasteiger charge is -2.45. The van der Waals surface area contributed by atoms with Crippen LogP contribution in [-0.4, -0.2) is 72.2 Å². The third kappa shape index (κ3) is 3.48. The highest BCUT2D eigenvalue weighted by atomic mass is 16.5. The normalized spacial score (nSPS) is 25.3. The Morgan fingerprint density at radius 3 is 3.04 bits per heavy atom. The molecule has 3 heterocycles. The summed E-state index contributed by atoms with van der Waals surface area (Å²) in [5.74, 6) is 0.724. The smallest absolute Gasteiger partial charge is 0.257 e. The predicted octanol–water partition coefficient (Wildman–Crippen LogP) is 1.45. The second kappa shape index (κ2) is 6.84. The van der Waals surface area contributed by atoms with Crippen molar-refractivity contribution in [1.29, 1.82) is 0 Å². The summed E-state index contributed by atoms with van der Waals surface area (Å²) in [5.41, 5.74) is 0.652. The molecular formula is C17H26N4O2. The molecule has 0 aliphatic carbocycles. The molecule has 6 nitrogen and oxygen atoms in total. The predicted molar refractivity (Wildman–Crippen MR) is 89.7 cm³/mol. The molecule has 2 saturated heterocycles. The maximum absolute atomic E-state index is 13.0. The third-order valence-corrected chi connectivity index (χ3v) is 4.61. The van der Waals surface area contributed by atoms with Crippen molar-refractivity contribution >= 4 is 11.7 Å². The number of rotatable bonds is 3. The molecule has 2 aliphatic rings. The molecule has 2 fully saturated rings. The Kier molecular flexibility index (Phi) is 4.82. The van der Waals surface area contributed by atoms with Crippen molar-refractivity contribution in [1.82, 2.24) is 14.8 Å². The van der Waals surface area contributed by atoms with Gasteiger partial charge in [-0.3, -0.25) is 9.69 Å². The lowest BCUT2D eigenvalue weighted by atomic mass is 9.98. The van der Waals surface area contributed by atoms with Gasteiger partial charge in [0.1, 0.15) is 5.82 Å². The Bertz CT molecular complexity index is 563. The molecule has 1 N–H and O–H groups in total. The van der Waals surface area contributed by atoms with Crippen LogP contribution in [0.15, 0.2) is 18.3 Å². The summed E-state index contributed by atoms with van der Waals surface area (Å²) in [6.45, 7) is 7.26. The molecule has 1 aromatic rings. The summed E-state index contributed by atoms with van der Waals surface area (Å²) in [4.78, 5) is 21.6. The summed E-state index contributed by atoms with van der Waals surface area (Å²) in [6.07, 6.45) is 2.87. The second-order valence-electron chi connectivity index (χ2n) is 6.70. The van der Waals surface area contributed by atoms with Crippen molar-refractivity contribution in [3.05, 3.63) is 23.9 Å². The molecule has 2 atom stereocenters. The Labute approximate surface area is 137 Å². The quantitative estimate of drug-likeness (QED) is 0.914. The summed E-state index contributed by atoms with van der Waals surface area (Å²) in [5, 5.41) is 3.26. The summed E-state index contributed by atoms with van der Waals surface area (Å²) < 4.78 is 5.86. The fraction of sp³-hybridized carbons (Fsp3) is 0.647. The second-order valence-corrected chi connectivity index (χ2v) is 6.70.